The molecule has 0 saturated carbocycles. The maximum atomic E-state index is 12.4. The first-order chi connectivity index (χ1) is 17.2. The first-order valence-corrected chi connectivity index (χ1v) is 11.6. The Morgan fingerprint density at radius 3 is 2.58 bits per heavy atom. The van der Waals surface area contributed by atoms with Crippen LogP contribution in [0.15, 0.2) is 29.8 Å². The normalized spacial score (nSPS) is 12.6. The predicted octanol–water partition coefficient (Wildman–Crippen LogP) is 3.72. The van der Waals surface area contributed by atoms with Crippen LogP contribution in [-0.2, 0) is 20.9 Å². The molecule has 0 atom stereocenters. The highest BCUT2D eigenvalue weighted by Crippen LogP contribution is 2.32. The van der Waals surface area contributed by atoms with Gasteiger partial charge >= 0.3 is 12.0 Å². The van der Waals surface area contributed by atoms with E-state index in [0.29, 0.717) is 36.3 Å². The number of benzene rings is 1. The van der Waals surface area contributed by atoms with Crippen molar-refractivity contribution in [3.05, 3.63) is 46.8 Å². The molecule has 0 radical (unpaired) electrons. The van der Waals surface area contributed by atoms with Gasteiger partial charge in [-0.15, -0.1) is 0 Å². The third kappa shape index (κ3) is 6.88. The van der Waals surface area contributed by atoms with E-state index in [1.807, 2.05) is 26.0 Å². The van der Waals surface area contributed by atoms with Gasteiger partial charge in [0.05, 0.1) is 0 Å². The summed E-state index contributed by atoms with van der Waals surface area (Å²) in [5, 5.41) is 14.0. The lowest BCUT2D eigenvalue weighted by Crippen LogP contribution is -2.37. The van der Waals surface area contributed by atoms with Gasteiger partial charge in [0.25, 0.3) is 5.91 Å². The van der Waals surface area contributed by atoms with Crippen LogP contribution in [0.1, 0.15) is 37.2 Å². The van der Waals surface area contributed by atoms with Crippen LogP contribution in [-0.4, -0.2) is 42.3 Å². The Balaban J connectivity index is 1.54. The summed E-state index contributed by atoms with van der Waals surface area (Å²) in [5.41, 5.74) is 2.83. The van der Waals surface area contributed by atoms with Crippen LogP contribution in [0.5, 0.6) is 11.5 Å². The van der Waals surface area contributed by atoms with E-state index in [4.69, 9.17) is 14.2 Å². The van der Waals surface area contributed by atoms with Crippen molar-refractivity contribution in [2.45, 2.75) is 40.7 Å². The summed E-state index contributed by atoms with van der Waals surface area (Å²) < 4.78 is 18.0. The number of amides is 3. The number of nitrogens with zero attached hydrogens (tertiary/aromatic N) is 2. The van der Waals surface area contributed by atoms with Crippen LogP contribution in [0.4, 0.5) is 10.5 Å². The Labute approximate surface area is 209 Å². The lowest BCUT2D eigenvalue weighted by atomic mass is 10.1. The van der Waals surface area contributed by atoms with Gasteiger partial charge in [0.2, 0.25) is 0 Å². The van der Waals surface area contributed by atoms with Gasteiger partial charge in [-0.25, -0.2) is 9.59 Å². The molecule has 3 rings (SSSR count). The summed E-state index contributed by atoms with van der Waals surface area (Å²) in [6.45, 7) is 9.15. The first-order valence-electron chi connectivity index (χ1n) is 11.6. The second kappa shape index (κ2) is 11.9. The predicted molar refractivity (Wildman–Crippen MR) is 133 cm³/mol. The highest BCUT2D eigenvalue weighted by Gasteiger charge is 2.18. The fourth-order valence-electron chi connectivity index (χ4n) is 3.65. The average molecular weight is 495 g/mol. The van der Waals surface area contributed by atoms with Crippen molar-refractivity contribution in [2.24, 2.45) is 5.92 Å². The average Bonchev–Trinajstić information content (AvgIpc) is 3.11. The summed E-state index contributed by atoms with van der Waals surface area (Å²) in [6, 6.07) is 7.73. The van der Waals surface area contributed by atoms with Crippen molar-refractivity contribution in [2.75, 3.05) is 25.1 Å². The minimum absolute atomic E-state index is 0.243. The standard InChI is InChI=1S/C26H30N4O6/c1-16(2)7-8-30-17(3)11-19(18(30)4)12-20(14-27)25(32)36-15-24(31)29-26(33)28-21-5-6-22-23(13-21)35-10-9-34-22/h5-6,11-13,16H,7-10,15H2,1-4H3,(H2,28,29,31,33). The van der Waals surface area contributed by atoms with Gasteiger partial charge in [0.15, 0.2) is 18.1 Å². The number of nitrogens with one attached hydrogen (secondary N) is 2. The molecule has 10 heteroatoms. The number of urea groups is 1. The number of carbonyl (C=O) groups is 3. The number of aryl methyl sites for hydroxylation is 1. The summed E-state index contributed by atoms with van der Waals surface area (Å²) in [6.07, 6.45) is 2.45. The monoisotopic (exact) mass is 494 g/mol. The third-order valence-electron chi connectivity index (χ3n) is 5.57. The van der Waals surface area contributed by atoms with Gasteiger partial charge in [-0.05, 0) is 56.0 Å². The molecule has 0 bridgehead atoms. The maximum absolute atomic E-state index is 12.4. The number of fused-ring (bicyclic) bond motifs is 1. The zero-order valence-corrected chi connectivity index (χ0v) is 20.8. The Morgan fingerprint density at radius 1 is 1.17 bits per heavy atom. The zero-order chi connectivity index (χ0) is 26.2. The van der Waals surface area contributed by atoms with Crippen molar-refractivity contribution < 1.29 is 28.6 Å². The van der Waals surface area contributed by atoms with E-state index in [0.717, 1.165) is 29.9 Å². The molecule has 0 spiro atoms. The topological polar surface area (TPSA) is 132 Å². The number of rotatable bonds is 8. The lowest BCUT2D eigenvalue weighted by Gasteiger charge is -2.19. The minimum atomic E-state index is -0.952. The van der Waals surface area contributed by atoms with Crippen LogP contribution >= 0.6 is 0 Å². The third-order valence-corrected chi connectivity index (χ3v) is 5.57. The minimum Gasteiger partial charge on any atom is -0.486 e. The number of ether oxygens (including phenoxy) is 3. The van der Waals surface area contributed by atoms with Gasteiger partial charge in [-0.3, -0.25) is 10.1 Å². The number of hydrogen-bond donors (Lipinski definition) is 2. The van der Waals surface area contributed by atoms with Crippen molar-refractivity contribution in [3.63, 3.8) is 0 Å². The van der Waals surface area contributed by atoms with Gasteiger partial charge in [0.1, 0.15) is 24.9 Å². The molecular formula is C26H30N4O6. The van der Waals surface area contributed by atoms with E-state index in [2.05, 4.69) is 29.0 Å². The van der Waals surface area contributed by atoms with E-state index in [-0.39, 0.29) is 5.57 Å². The molecule has 2 N–H and O–H groups in total. The summed E-state index contributed by atoms with van der Waals surface area (Å²) in [5.74, 6) is -0.205. The molecule has 2 heterocycles. The van der Waals surface area contributed by atoms with E-state index < -0.39 is 24.5 Å². The molecule has 0 saturated heterocycles. The van der Waals surface area contributed by atoms with Crippen LogP contribution in [0.25, 0.3) is 6.08 Å². The summed E-state index contributed by atoms with van der Waals surface area (Å²) >= 11 is 0. The van der Waals surface area contributed by atoms with Crippen molar-refractivity contribution in [3.8, 4) is 17.6 Å². The number of imide groups is 1. The number of nitriles is 1. The van der Waals surface area contributed by atoms with Gasteiger partial charge in [0, 0.05) is 29.7 Å². The molecule has 1 aliphatic rings. The molecule has 190 valence electrons. The van der Waals surface area contributed by atoms with E-state index >= 15 is 0 Å². The Kier molecular flexibility index (Phi) is 8.73. The second-order valence-electron chi connectivity index (χ2n) is 8.77. The number of carbonyl (C=O) groups excluding carboxylic acids is 3. The van der Waals surface area contributed by atoms with Gasteiger partial charge in [-0.1, -0.05) is 13.8 Å². The number of hydrogen-bond acceptors (Lipinski definition) is 7. The molecular weight excluding hydrogens is 464 g/mol. The fraction of sp³-hybridized carbons (Fsp3) is 0.385. The molecule has 1 aromatic carbocycles. The summed E-state index contributed by atoms with van der Waals surface area (Å²) in [7, 11) is 0. The summed E-state index contributed by atoms with van der Waals surface area (Å²) in [4.78, 5) is 36.6. The number of aromatic nitrogens is 1. The molecule has 10 nitrogen and oxygen atoms in total. The molecule has 0 unspecified atom stereocenters. The molecule has 2 aromatic rings. The maximum Gasteiger partial charge on any atom is 0.349 e. The first kappa shape index (κ1) is 26.3. The molecule has 3 amide bonds. The van der Waals surface area contributed by atoms with Crippen molar-refractivity contribution in [1.82, 2.24) is 9.88 Å². The van der Waals surface area contributed by atoms with E-state index in [1.165, 1.54) is 6.08 Å². The Hall–Kier alpha value is -4.26. The molecule has 36 heavy (non-hydrogen) atoms. The Morgan fingerprint density at radius 2 is 1.89 bits per heavy atom. The molecule has 0 fully saturated rings. The van der Waals surface area contributed by atoms with Crippen LogP contribution in [0.3, 0.4) is 0 Å². The molecule has 1 aliphatic heterocycles. The van der Waals surface area contributed by atoms with Gasteiger partial charge < -0.3 is 24.1 Å². The zero-order valence-electron chi connectivity index (χ0n) is 20.8. The fourth-order valence-corrected chi connectivity index (χ4v) is 3.65. The Bertz CT molecular complexity index is 1220. The highest BCUT2D eigenvalue weighted by molar-refractivity contribution is 6.03. The second-order valence-corrected chi connectivity index (χ2v) is 8.77. The SMILES string of the molecule is Cc1cc(C=C(C#N)C(=O)OCC(=O)NC(=O)Nc2ccc3c(c2)OCCO3)c(C)n1CCC(C)C. The number of anilines is 1. The van der Waals surface area contributed by atoms with Crippen molar-refractivity contribution in [1.29, 1.82) is 5.26 Å². The van der Waals surface area contributed by atoms with E-state index in [1.54, 1.807) is 18.2 Å². The van der Waals surface area contributed by atoms with E-state index in [9.17, 15) is 19.6 Å². The lowest BCUT2D eigenvalue weighted by molar-refractivity contribution is -0.144. The smallest absolute Gasteiger partial charge is 0.349 e. The molecule has 0 aliphatic carbocycles. The van der Waals surface area contributed by atoms with Crippen LogP contribution < -0.4 is 20.1 Å². The van der Waals surface area contributed by atoms with Gasteiger partial charge in [-0.2, -0.15) is 5.26 Å². The number of esters is 1. The van der Waals surface area contributed by atoms with Crippen molar-refractivity contribution >= 4 is 29.7 Å². The molecule has 1 aromatic heterocycles. The van der Waals surface area contributed by atoms with Crippen LogP contribution in [0, 0.1) is 31.1 Å². The largest absolute Gasteiger partial charge is 0.486 e. The highest BCUT2D eigenvalue weighted by atomic mass is 16.6. The van der Waals surface area contributed by atoms with Crippen LogP contribution in [0.2, 0.25) is 0 Å². The quantitative estimate of drug-likeness (QED) is 0.325.